The Morgan fingerprint density at radius 3 is 2.50 bits per heavy atom. The largest absolute Gasteiger partial charge is 0.508 e. The van der Waals surface area contributed by atoms with Gasteiger partial charge in [-0.1, -0.05) is 28.1 Å². The van der Waals surface area contributed by atoms with Crippen LogP contribution in [0.5, 0.6) is 5.75 Å². The lowest BCUT2D eigenvalue weighted by atomic mass is 10.1. The average molecular weight is 346 g/mol. The molecular weight excluding hydrogens is 335 g/mol. The molecule has 0 unspecified atom stereocenters. The van der Waals surface area contributed by atoms with Crippen LogP contribution in [-0.4, -0.2) is 5.11 Å². The predicted octanol–water partition coefficient (Wildman–Crippen LogP) is 4.79. The van der Waals surface area contributed by atoms with Gasteiger partial charge in [0, 0.05) is 22.3 Å². The van der Waals surface area contributed by atoms with Crippen LogP contribution in [0.15, 0.2) is 46.9 Å². The van der Waals surface area contributed by atoms with E-state index < -0.39 is 11.7 Å². The Balaban J connectivity index is 2.21. The van der Waals surface area contributed by atoms with Crippen molar-refractivity contribution in [1.82, 2.24) is 0 Å². The quantitative estimate of drug-likeness (QED) is 0.838. The number of hydrogen-bond donors (Lipinski definition) is 2. The van der Waals surface area contributed by atoms with E-state index in [9.17, 15) is 18.3 Å². The van der Waals surface area contributed by atoms with Crippen LogP contribution in [0.2, 0.25) is 0 Å². The fourth-order valence-corrected chi connectivity index (χ4v) is 2.18. The van der Waals surface area contributed by atoms with Gasteiger partial charge >= 0.3 is 6.18 Å². The number of halogens is 4. The van der Waals surface area contributed by atoms with Crippen LogP contribution < -0.4 is 5.32 Å². The van der Waals surface area contributed by atoms with Crippen LogP contribution in [0.4, 0.5) is 18.9 Å². The molecule has 0 bridgehead atoms. The summed E-state index contributed by atoms with van der Waals surface area (Å²) in [5.74, 6) is 0.0326. The first-order chi connectivity index (χ1) is 9.38. The summed E-state index contributed by atoms with van der Waals surface area (Å²) in [5, 5.41) is 12.4. The summed E-state index contributed by atoms with van der Waals surface area (Å²) in [5.41, 5.74) is -0.231. The molecule has 2 N–H and O–H groups in total. The van der Waals surface area contributed by atoms with Crippen LogP contribution >= 0.6 is 15.9 Å². The molecule has 0 aliphatic carbocycles. The molecule has 2 aromatic rings. The summed E-state index contributed by atoms with van der Waals surface area (Å²) in [7, 11) is 0. The van der Waals surface area contributed by atoms with Crippen molar-refractivity contribution >= 4 is 21.6 Å². The zero-order valence-electron chi connectivity index (χ0n) is 10.2. The monoisotopic (exact) mass is 345 g/mol. The summed E-state index contributed by atoms with van der Waals surface area (Å²) >= 11 is 3.25. The van der Waals surface area contributed by atoms with Crippen LogP contribution in [0.3, 0.4) is 0 Å². The molecule has 6 heteroatoms. The fraction of sp³-hybridized carbons (Fsp3) is 0.143. The Labute approximate surface area is 122 Å². The smallest absolute Gasteiger partial charge is 0.418 e. The molecule has 0 saturated heterocycles. The van der Waals surface area contributed by atoms with Gasteiger partial charge in [-0.2, -0.15) is 13.2 Å². The van der Waals surface area contributed by atoms with E-state index in [0.717, 1.165) is 10.5 Å². The third kappa shape index (κ3) is 3.45. The normalized spacial score (nSPS) is 11.4. The molecule has 2 rings (SSSR count). The molecular formula is C14H11BrF3NO. The van der Waals surface area contributed by atoms with Gasteiger partial charge in [0.05, 0.1) is 5.56 Å². The van der Waals surface area contributed by atoms with Crippen molar-refractivity contribution in [1.29, 1.82) is 0 Å². The van der Waals surface area contributed by atoms with Gasteiger partial charge in [-0.25, -0.2) is 0 Å². The minimum atomic E-state index is -4.41. The van der Waals surface area contributed by atoms with Gasteiger partial charge in [-0.15, -0.1) is 0 Å². The van der Waals surface area contributed by atoms with Crippen LogP contribution in [0.25, 0.3) is 0 Å². The van der Waals surface area contributed by atoms with Crippen LogP contribution in [-0.2, 0) is 12.7 Å². The molecule has 0 saturated carbocycles. The number of aromatic hydroxyl groups is 1. The molecule has 0 spiro atoms. The maximum absolute atomic E-state index is 12.8. The zero-order chi connectivity index (χ0) is 14.8. The topological polar surface area (TPSA) is 32.3 Å². The second-order valence-corrected chi connectivity index (χ2v) is 5.09. The minimum absolute atomic E-state index is 0.0145. The van der Waals surface area contributed by atoms with Crippen LogP contribution in [0, 0.1) is 0 Å². The standard InChI is InChI=1S/C14H11BrF3NO/c15-10-5-6-13(20)9(7-10)8-19-12-4-2-1-3-11(12)14(16,17)18/h1-7,19-20H,8H2. The number of phenolic OH excluding ortho intramolecular Hbond substituents is 1. The second-order valence-electron chi connectivity index (χ2n) is 4.17. The van der Waals surface area contributed by atoms with Gasteiger partial charge in [0.15, 0.2) is 0 Å². The van der Waals surface area contributed by atoms with E-state index in [2.05, 4.69) is 21.2 Å². The highest BCUT2D eigenvalue weighted by Crippen LogP contribution is 2.35. The summed E-state index contributed by atoms with van der Waals surface area (Å²) < 4.78 is 39.2. The Bertz CT molecular complexity index is 614. The molecule has 0 atom stereocenters. The van der Waals surface area contributed by atoms with E-state index in [1.165, 1.54) is 24.3 Å². The van der Waals surface area contributed by atoms with Gasteiger partial charge in [-0.3, -0.25) is 0 Å². The van der Waals surface area contributed by atoms with Gasteiger partial charge in [-0.05, 0) is 30.3 Å². The van der Waals surface area contributed by atoms with Crippen molar-refractivity contribution in [3.8, 4) is 5.75 Å². The maximum Gasteiger partial charge on any atom is 0.418 e. The van der Waals surface area contributed by atoms with E-state index in [0.29, 0.717) is 5.56 Å². The minimum Gasteiger partial charge on any atom is -0.508 e. The first-order valence-electron chi connectivity index (χ1n) is 5.75. The average Bonchev–Trinajstić information content (AvgIpc) is 2.39. The van der Waals surface area contributed by atoms with Gasteiger partial charge in [0.25, 0.3) is 0 Å². The fourth-order valence-electron chi connectivity index (χ4n) is 1.77. The molecule has 0 aliphatic heterocycles. The number of alkyl halides is 3. The van der Waals surface area contributed by atoms with E-state index in [1.54, 1.807) is 12.1 Å². The summed E-state index contributed by atoms with van der Waals surface area (Å²) in [4.78, 5) is 0. The number of anilines is 1. The third-order valence-electron chi connectivity index (χ3n) is 2.74. The van der Waals surface area contributed by atoms with Gasteiger partial charge in [0.2, 0.25) is 0 Å². The molecule has 20 heavy (non-hydrogen) atoms. The number of benzene rings is 2. The highest BCUT2D eigenvalue weighted by Gasteiger charge is 2.33. The molecule has 2 nitrogen and oxygen atoms in total. The van der Waals surface area contributed by atoms with Gasteiger partial charge in [0.1, 0.15) is 5.75 Å². The van der Waals surface area contributed by atoms with E-state index in [4.69, 9.17) is 0 Å². The Hall–Kier alpha value is -1.69. The molecule has 0 fully saturated rings. The van der Waals surface area contributed by atoms with E-state index in [-0.39, 0.29) is 18.0 Å². The molecule has 0 heterocycles. The Morgan fingerprint density at radius 1 is 1.10 bits per heavy atom. The zero-order valence-corrected chi connectivity index (χ0v) is 11.8. The second kappa shape index (κ2) is 5.75. The van der Waals surface area contributed by atoms with Gasteiger partial charge < -0.3 is 10.4 Å². The summed E-state index contributed by atoms with van der Waals surface area (Å²) in [6.07, 6.45) is -4.41. The van der Waals surface area contributed by atoms with Crippen molar-refractivity contribution in [2.24, 2.45) is 0 Å². The maximum atomic E-state index is 12.8. The first-order valence-corrected chi connectivity index (χ1v) is 6.55. The highest BCUT2D eigenvalue weighted by atomic mass is 79.9. The summed E-state index contributed by atoms with van der Waals surface area (Å²) in [6.45, 7) is 0.0956. The van der Waals surface area contributed by atoms with Crippen molar-refractivity contribution in [3.05, 3.63) is 58.1 Å². The van der Waals surface area contributed by atoms with Crippen molar-refractivity contribution in [3.63, 3.8) is 0 Å². The lowest BCUT2D eigenvalue weighted by Gasteiger charge is -2.15. The lowest BCUT2D eigenvalue weighted by molar-refractivity contribution is -0.136. The molecule has 0 radical (unpaired) electrons. The number of nitrogens with one attached hydrogen (secondary N) is 1. The Morgan fingerprint density at radius 2 is 1.80 bits per heavy atom. The highest BCUT2D eigenvalue weighted by molar-refractivity contribution is 9.10. The predicted molar refractivity (Wildman–Crippen MR) is 74.6 cm³/mol. The van der Waals surface area contributed by atoms with Crippen LogP contribution in [0.1, 0.15) is 11.1 Å². The van der Waals surface area contributed by atoms with E-state index >= 15 is 0 Å². The number of phenols is 1. The van der Waals surface area contributed by atoms with Crippen molar-refractivity contribution in [2.45, 2.75) is 12.7 Å². The number of para-hydroxylation sites is 1. The van der Waals surface area contributed by atoms with Crippen molar-refractivity contribution in [2.75, 3.05) is 5.32 Å². The van der Waals surface area contributed by atoms with E-state index in [1.807, 2.05) is 0 Å². The molecule has 0 aromatic heterocycles. The molecule has 0 amide bonds. The molecule has 106 valence electrons. The number of rotatable bonds is 3. The first kappa shape index (κ1) is 14.7. The SMILES string of the molecule is Oc1ccc(Br)cc1CNc1ccccc1C(F)(F)F. The van der Waals surface area contributed by atoms with Crippen molar-refractivity contribution < 1.29 is 18.3 Å². The molecule has 0 aliphatic rings. The Kier molecular flexibility index (Phi) is 4.23. The lowest BCUT2D eigenvalue weighted by Crippen LogP contribution is -2.10. The summed E-state index contributed by atoms with van der Waals surface area (Å²) in [6, 6.07) is 10.0. The third-order valence-corrected chi connectivity index (χ3v) is 3.24. The number of hydrogen-bond acceptors (Lipinski definition) is 2. The molecule has 2 aromatic carbocycles.